The zero-order valence-electron chi connectivity index (χ0n) is 19.1. The molecule has 0 spiro atoms. The van der Waals surface area contributed by atoms with Crippen molar-refractivity contribution in [3.05, 3.63) is 40.7 Å². The van der Waals surface area contributed by atoms with Crippen molar-refractivity contribution in [2.24, 2.45) is 5.92 Å². The van der Waals surface area contributed by atoms with E-state index in [9.17, 15) is 4.79 Å². The molecule has 4 heterocycles. The second kappa shape index (κ2) is 9.79. The second-order valence-electron chi connectivity index (χ2n) is 8.48. The summed E-state index contributed by atoms with van der Waals surface area (Å²) in [5, 5.41) is 4.48. The molecule has 3 aromatic heterocycles. The largest absolute Gasteiger partial charge is 0.481 e. The van der Waals surface area contributed by atoms with Gasteiger partial charge in [-0.2, -0.15) is 0 Å². The SMILES string of the molecule is COc1cc(CN(C)C(=O)c2sc3ncnc(NCC4CCCN(C)C4)c3c2C)ccn1. The van der Waals surface area contributed by atoms with Crippen LogP contribution in [0.1, 0.15) is 33.6 Å². The summed E-state index contributed by atoms with van der Waals surface area (Å²) in [6.45, 7) is 5.59. The minimum atomic E-state index is -0.0267. The molecule has 1 amide bonds. The first-order valence-corrected chi connectivity index (χ1v) is 11.7. The Labute approximate surface area is 192 Å². The van der Waals surface area contributed by atoms with E-state index in [0.29, 0.717) is 23.2 Å². The molecule has 0 radical (unpaired) electrons. The van der Waals surface area contributed by atoms with Crippen LogP contribution in [0.15, 0.2) is 24.7 Å². The molecule has 0 aliphatic carbocycles. The molecule has 1 aliphatic rings. The summed E-state index contributed by atoms with van der Waals surface area (Å²) in [7, 11) is 5.57. The third-order valence-electron chi connectivity index (χ3n) is 5.98. The van der Waals surface area contributed by atoms with E-state index in [1.54, 1.807) is 24.5 Å². The van der Waals surface area contributed by atoms with Crippen molar-refractivity contribution in [3.63, 3.8) is 0 Å². The maximum absolute atomic E-state index is 13.3. The molecule has 1 atom stereocenters. The van der Waals surface area contributed by atoms with Crippen LogP contribution in [0, 0.1) is 12.8 Å². The lowest BCUT2D eigenvalue weighted by molar-refractivity contribution is 0.0789. The number of aromatic nitrogens is 3. The van der Waals surface area contributed by atoms with E-state index in [-0.39, 0.29) is 5.91 Å². The first-order chi connectivity index (χ1) is 15.5. The van der Waals surface area contributed by atoms with Gasteiger partial charge in [0.15, 0.2) is 0 Å². The van der Waals surface area contributed by atoms with E-state index in [0.717, 1.165) is 40.3 Å². The van der Waals surface area contributed by atoms with E-state index in [1.807, 2.05) is 26.1 Å². The van der Waals surface area contributed by atoms with Crippen LogP contribution in [0.25, 0.3) is 10.2 Å². The fourth-order valence-electron chi connectivity index (χ4n) is 4.27. The summed E-state index contributed by atoms with van der Waals surface area (Å²) in [5.41, 5.74) is 1.89. The summed E-state index contributed by atoms with van der Waals surface area (Å²) in [5.74, 6) is 1.93. The van der Waals surface area contributed by atoms with Crippen LogP contribution >= 0.6 is 11.3 Å². The minimum absolute atomic E-state index is 0.0267. The van der Waals surface area contributed by atoms with Crippen molar-refractivity contribution in [2.75, 3.05) is 46.2 Å². The van der Waals surface area contributed by atoms with Crippen molar-refractivity contribution in [3.8, 4) is 5.88 Å². The van der Waals surface area contributed by atoms with Crippen molar-refractivity contribution >= 4 is 33.3 Å². The number of rotatable bonds is 7. The maximum atomic E-state index is 13.3. The molecule has 32 heavy (non-hydrogen) atoms. The highest BCUT2D eigenvalue weighted by Crippen LogP contribution is 2.34. The van der Waals surface area contributed by atoms with Gasteiger partial charge in [-0.05, 0) is 56.5 Å². The molecule has 1 aliphatic heterocycles. The summed E-state index contributed by atoms with van der Waals surface area (Å²) in [4.78, 5) is 32.0. The average Bonchev–Trinajstić information content (AvgIpc) is 3.14. The van der Waals surface area contributed by atoms with Crippen LogP contribution in [-0.4, -0.2) is 71.5 Å². The number of thiophene rings is 1. The zero-order valence-corrected chi connectivity index (χ0v) is 19.9. The molecular formula is C23H30N6O2S. The average molecular weight is 455 g/mol. The number of nitrogens with one attached hydrogen (secondary N) is 1. The predicted octanol–water partition coefficient (Wildman–Crippen LogP) is 3.43. The molecule has 1 saturated heterocycles. The Hall–Kier alpha value is -2.78. The van der Waals surface area contributed by atoms with E-state index >= 15 is 0 Å². The highest BCUT2D eigenvalue weighted by molar-refractivity contribution is 7.20. The molecule has 9 heteroatoms. The highest BCUT2D eigenvalue weighted by atomic mass is 32.1. The molecular weight excluding hydrogens is 424 g/mol. The third-order valence-corrected chi connectivity index (χ3v) is 7.16. The molecule has 170 valence electrons. The van der Waals surface area contributed by atoms with Gasteiger partial charge in [0.1, 0.15) is 17.0 Å². The van der Waals surface area contributed by atoms with Crippen LogP contribution in [0.5, 0.6) is 5.88 Å². The minimum Gasteiger partial charge on any atom is -0.481 e. The molecule has 8 nitrogen and oxygen atoms in total. The fourth-order valence-corrected chi connectivity index (χ4v) is 5.41. The van der Waals surface area contributed by atoms with Crippen molar-refractivity contribution in [1.82, 2.24) is 24.8 Å². The number of pyridine rings is 1. The molecule has 4 rings (SSSR count). The van der Waals surface area contributed by atoms with Gasteiger partial charge in [-0.25, -0.2) is 15.0 Å². The Morgan fingerprint density at radius 1 is 1.38 bits per heavy atom. The number of ether oxygens (including phenoxy) is 1. The number of nitrogens with zero attached hydrogens (tertiary/aromatic N) is 5. The highest BCUT2D eigenvalue weighted by Gasteiger charge is 2.23. The van der Waals surface area contributed by atoms with Gasteiger partial charge in [-0.15, -0.1) is 11.3 Å². The number of likely N-dealkylation sites (tertiary alicyclic amines) is 1. The maximum Gasteiger partial charge on any atom is 0.264 e. The van der Waals surface area contributed by atoms with Crippen LogP contribution in [0.3, 0.4) is 0 Å². The Morgan fingerprint density at radius 2 is 2.22 bits per heavy atom. The van der Waals surface area contributed by atoms with Crippen molar-refractivity contribution < 1.29 is 9.53 Å². The normalized spacial score (nSPS) is 16.8. The number of fused-ring (bicyclic) bond motifs is 1. The van der Waals surface area contributed by atoms with Gasteiger partial charge in [0, 0.05) is 38.9 Å². The van der Waals surface area contributed by atoms with Crippen molar-refractivity contribution in [2.45, 2.75) is 26.3 Å². The van der Waals surface area contributed by atoms with E-state index in [1.165, 1.54) is 30.7 Å². The Morgan fingerprint density at radius 3 is 3.00 bits per heavy atom. The number of hydrogen-bond acceptors (Lipinski definition) is 8. The summed E-state index contributed by atoms with van der Waals surface area (Å²) in [6.07, 6.45) is 5.72. The van der Waals surface area contributed by atoms with Gasteiger partial charge < -0.3 is 19.9 Å². The summed E-state index contributed by atoms with van der Waals surface area (Å²) >= 11 is 1.43. The molecule has 0 saturated carbocycles. The lowest BCUT2D eigenvalue weighted by atomic mass is 9.98. The smallest absolute Gasteiger partial charge is 0.264 e. The number of piperidine rings is 1. The van der Waals surface area contributed by atoms with Gasteiger partial charge in [-0.1, -0.05) is 0 Å². The number of amides is 1. The Balaban J connectivity index is 1.52. The third kappa shape index (κ3) is 4.83. The van der Waals surface area contributed by atoms with Gasteiger partial charge in [0.25, 0.3) is 5.91 Å². The van der Waals surface area contributed by atoms with E-state index in [4.69, 9.17) is 4.74 Å². The fraction of sp³-hybridized carbons (Fsp3) is 0.478. The molecule has 0 aromatic carbocycles. The van der Waals surface area contributed by atoms with Crippen LogP contribution in [-0.2, 0) is 6.54 Å². The topological polar surface area (TPSA) is 83.5 Å². The molecule has 1 unspecified atom stereocenters. The number of carbonyl (C=O) groups excluding carboxylic acids is 1. The Bertz CT molecular complexity index is 1100. The van der Waals surface area contributed by atoms with Gasteiger partial charge in [0.2, 0.25) is 5.88 Å². The van der Waals surface area contributed by atoms with Crippen LogP contribution in [0.2, 0.25) is 0 Å². The van der Waals surface area contributed by atoms with E-state index in [2.05, 4.69) is 32.2 Å². The quantitative estimate of drug-likeness (QED) is 0.586. The first-order valence-electron chi connectivity index (χ1n) is 10.9. The molecule has 1 N–H and O–H groups in total. The standard InChI is InChI=1S/C23H30N6O2S/c1-15-19-21(25-11-17-6-5-9-28(2)12-17)26-14-27-22(19)32-20(15)23(30)29(3)13-16-7-8-24-18(10-16)31-4/h7-8,10,14,17H,5-6,9,11-13H2,1-4H3,(H,25,26,27). The lowest BCUT2D eigenvalue weighted by Crippen LogP contribution is -2.35. The predicted molar refractivity (Wildman–Crippen MR) is 127 cm³/mol. The number of hydrogen-bond donors (Lipinski definition) is 1. The van der Waals surface area contributed by atoms with Gasteiger partial charge >= 0.3 is 0 Å². The number of anilines is 1. The lowest BCUT2D eigenvalue weighted by Gasteiger charge is -2.29. The molecule has 3 aromatic rings. The molecule has 1 fully saturated rings. The zero-order chi connectivity index (χ0) is 22.7. The Kier molecular flexibility index (Phi) is 6.86. The van der Waals surface area contributed by atoms with Crippen LogP contribution < -0.4 is 10.1 Å². The van der Waals surface area contributed by atoms with Crippen molar-refractivity contribution in [1.29, 1.82) is 0 Å². The van der Waals surface area contributed by atoms with Gasteiger partial charge in [-0.3, -0.25) is 4.79 Å². The molecule has 0 bridgehead atoms. The van der Waals surface area contributed by atoms with Crippen LogP contribution in [0.4, 0.5) is 5.82 Å². The number of carbonyl (C=O) groups is 1. The summed E-state index contributed by atoms with van der Waals surface area (Å²) in [6, 6.07) is 3.73. The van der Waals surface area contributed by atoms with E-state index < -0.39 is 0 Å². The second-order valence-corrected chi connectivity index (χ2v) is 9.48. The van der Waals surface area contributed by atoms with Gasteiger partial charge in [0.05, 0.1) is 17.4 Å². The first kappa shape index (κ1) is 22.4. The number of methoxy groups -OCH3 is 1. The number of aryl methyl sites for hydroxylation is 1. The monoisotopic (exact) mass is 454 g/mol. The summed E-state index contributed by atoms with van der Waals surface area (Å²) < 4.78 is 5.19.